The Morgan fingerprint density at radius 2 is 1.88 bits per heavy atom. The van der Waals surface area contributed by atoms with Gasteiger partial charge in [-0.1, -0.05) is 18.6 Å². The Kier molecular flexibility index (Phi) is 4.98. The summed E-state index contributed by atoms with van der Waals surface area (Å²) in [7, 11) is -1.89. The van der Waals surface area contributed by atoms with Crippen LogP contribution >= 0.6 is 11.3 Å². The summed E-state index contributed by atoms with van der Waals surface area (Å²) in [6.07, 6.45) is 4.54. The molecule has 0 aliphatic carbocycles. The number of carbonyl (C=O) groups is 1. The smallest absolute Gasteiger partial charge is 0.281 e. The SMILES string of the molecule is Cn1ccsc1=NC(=O)c1ccccc1S(=O)(=O)N1CCCCC1. The maximum absolute atomic E-state index is 12.9. The summed E-state index contributed by atoms with van der Waals surface area (Å²) >= 11 is 1.33. The number of hydrogen-bond acceptors (Lipinski definition) is 4. The van der Waals surface area contributed by atoms with Crippen LogP contribution < -0.4 is 4.80 Å². The highest BCUT2D eigenvalue weighted by Crippen LogP contribution is 2.24. The zero-order valence-corrected chi connectivity index (χ0v) is 15.0. The lowest BCUT2D eigenvalue weighted by molar-refractivity contribution is 0.0994. The molecule has 0 spiro atoms. The number of benzene rings is 1. The van der Waals surface area contributed by atoms with E-state index in [0.29, 0.717) is 17.9 Å². The number of piperidine rings is 1. The van der Waals surface area contributed by atoms with Gasteiger partial charge in [0.25, 0.3) is 5.91 Å². The lowest BCUT2D eigenvalue weighted by Crippen LogP contribution is -2.36. The van der Waals surface area contributed by atoms with Gasteiger partial charge in [-0.05, 0) is 25.0 Å². The van der Waals surface area contributed by atoms with Crippen LogP contribution in [0.5, 0.6) is 0 Å². The van der Waals surface area contributed by atoms with Crippen LogP contribution in [0.1, 0.15) is 29.6 Å². The summed E-state index contributed by atoms with van der Waals surface area (Å²) in [5.74, 6) is -0.538. The Hall–Kier alpha value is -1.77. The van der Waals surface area contributed by atoms with E-state index in [1.54, 1.807) is 29.9 Å². The summed E-state index contributed by atoms with van der Waals surface area (Å²) in [4.78, 5) is 17.2. The second kappa shape index (κ2) is 7.00. The summed E-state index contributed by atoms with van der Waals surface area (Å²) < 4.78 is 29.0. The van der Waals surface area contributed by atoms with E-state index in [9.17, 15) is 13.2 Å². The molecule has 1 saturated heterocycles. The lowest BCUT2D eigenvalue weighted by Gasteiger charge is -2.26. The van der Waals surface area contributed by atoms with Crippen LogP contribution in [-0.2, 0) is 17.1 Å². The van der Waals surface area contributed by atoms with Crippen molar-refractivity contribution in [2.24, 2.45) is 12.0 Å². The molecule has 0 bridgehead atoms. The fourth-order valence-corrected chi connectivity index (χ4v) is 5.12. The number of sulfonamides is 1. The first-order valence-corrected chi connectivity index (χ1v) is 10.1. The molecule has 1 aliphatic heterocycles. The van der Waals surface area contributed by atoms with Crippen LogP contribution in [0.15, 0.2) is 45.7 Å². The molecule has 1 aromatic heterocycles. The first-order valence-electron chi connectivity index (χ1n) is 7.78. The van der Waals surface area contributed by atoms with Crippen molar-refractivity contribution < 1.29 is 13.2 Å². The fourth-order valence-electron chi connectivity index (χ4n) is 2.69. The molecule has 1 fully saturated rings. The number of thiazole rings is 1. The van der Waals surface area contributed by atoms with Gasteiger partial charge in [0.15, 0.2) is 4.80 Å². The van der Waals surface area contributed by atoms with Crippen LogP contribution in [0, 0.1) is 0 Å². The number of hydrogen-bond donors (Lipinski definition) is 0. The van der Waals surface area contributed by atoms with Crippen LogP contribution in [-0.4, -0.2) is 36.3 Å². The minimum absolute atomic E-state index is 0.0415. The molecule has 1 amide bonds. The first-order chi connectivity index (χ1) is 11.5. The maximum atomic E-state index is 12.9. The second-order valence-electron chi connectivity index (χ2n) is 5.67. The highest BCUT2D eigenvalue weighted by molar-refractivity contribution is 7.89. The number of amides is 1. The summed E-state index contributed by atoms with van der Waals surface area (Å²) in [5, 5.41) is 1.82. The Morgan fingerprint density at radius 3 is 2.54 bits per heavy atom. The van der Waals surface area contributed by atoms with E-state index in [1.165, 1.54) is 27.8 Å². The number of rotatable bonds is 3. The van der Waals surface area contributed by atoms with E-state index in [2.05, 4.69) is 4.99 Å². The quantitative estimate of drug-likeness (QED) is 0.835. The molecule has 6 nitrogen and oxygen atoms in total. The normalized spacial score (nSPS) is 17.1. The summed E-state index contributed by atoms with van der Waals surface area (Å²) in [6, 6.07) is 6.31. The van der Waals surface area contributed by atoms with Gasteiger partial charge in [-0.2, -0.15) is 9.30 Å². The number of aryl methyl sites for hydroxylation is 1. The van der Waals surface area contributed by atoms with Crippen LogP contribution in [0.25, 0.3) is 0 Å². The van der Waals surface area contributed by atoms with E-state index in [-0.39, 0.29) is 10.5 Å². The average molecular weight is 365 g/mol. The van der Waals surface area contributed by atoms with Crippen molar-refractivity contribution in [2.45, 2.75) is 24.2 Å². The summed E-state index contributed by atoms with van der Waals surface area (Å²) in [6.45, 7) is 1.00. The van der Waals surface area contributed by atoms with Gasteiger partial charge in [0, 0.05) is 31.7 Å². The van der Waals surface area contributed by atoms with Gasteiger partial charge in [-0.25, -0.2) is 8.42 Å². The van der Waals surface area contributed by atoms with Gasteiger partial charge >= 0.3 is 0 Å². The van der Waals surface area contributed by atoms with Gasteiger partial charge in [0.2, 0.25) is 10.0 Å². The first kappa shape index (κ1) is 17.1. The Labute approximate surface area is 145 Å². The molecule has 2 aromatic rings. The zero-order chi connectivity index (χ0) is 17.2. The van der Waals surface area contributed by atoms with Crippen LogP contribution in [0.3, 0.4) is 0 Å². The molecule has 0 saturated carbocycles. The third-order valence-corrected chi connectivity index (χ3v) is 6.81. The molecule has 0 unspecified atom stereocenters. The third kappa shape index (κ3) is 3.35. The van der Waals surface area contributed by atoms with Crippen molar-refractivity contribution in [3.05, 3.63) is 46.2 Å². The van der Waals surface area contributed by atoms with Crippen molar-refractivity contribution >= 4 is 27.3 Å². The molecule has 24 heavy (non-hydrogen) atoms. The molecule has 0 radical (unpaired) electrons. The molecule has 1 aromatic carbocycles. The fraction of sp³-hybridized carbons (Fsp3) is 0.375. The van der Waals surface area contributed by atoms with Crippen LogP contribution in [0.2, 0.25) is 0 Å². The molecule has 3 rings (SSSR count). The third-order valence-electron chi connectivity index (χ3n) is 4.01. The minimum Gasteiger partial charge on any atom is -0.327 e. The highest BCUT2D eigenvalue weighted by Gasteiger charge is 2.29. The standard InChI is InChI=1S/C16H19N3O3S2/c1-18-11-12-23-16(18)17-15(20)13-7-3-4-8-14(13)24(21,22)19-9-5-2-6-10-19/h3-4,7-8,11-12H,2,5-6,9-10H2,1H3. The number of nitrogens with zero attached hydrogens (tertiary/aromatic N) is 3. The van der Waals surface area contributed by atoms with Crippen molar-refractivity contribution in [2.75, 3.05) is 13.1 Å². The second-order valence-corrected chi connectivity index (χ2v) is 8.45. The molecule has 1 aliphatic rings. The number of carbonyl (C=O) groups excluding carboxylic acids is 1. The van der Waals surface area contributed by atoms with Crippen LogP contribution in [0.4, 0.5) is 0 Å². The largest absolute Gasteiger partial charge is 0.327 e. The Bertz CT molecular complexity index is 906. The predicted molar refractivity (Wildman–Crippen MR) is 92.2 cm³/mol. The van der Waals surface area contributed by atoms with Gasteiger partial charge in [-0.15, -0.1) is 11.3 Å². The molecule has 0 atom stereocenters. The highest BCUT2D eigenvalue weighted by atomic mass is 32.2. The zero-order valence-electron chi connectivity index (χ0n) is 13.4. The topological polar surface area (TPSA) is 71.7 Å². The molecular weight excluding hydrogens is 346 g/mol. The van der Waals surface area contributed by atoms with E-state index in [0.717, 1.165) is 19.3 Å². The molecule has 128 valence electrons. The van der Waals surface area contributed by atoms with Gasteiger partial charge in [0.05, 0.1) is 10.5 Å². The molecule has 8 heteroatoms. The monoisotopic (exact) mass is 365 g/mol. The van der Waals surface area contributed by atoms with Gasteiger partial charge in [-0.3, -0.25) is 4.79 Å². The van der Waals surface area contributed by atoms with Gasteiger partial charge < -0.3 is 4.57 Å². The van der Waals surface area contributed by atoms with Crippen molar-refractivity contribution in [3.63, 3.8) is 0 Å². The molecule has 0 N–H and O–H groups in total. The predicted octanol–water partition coefficient (Wildman–Crippen LogP) is 2.00. The maximum Gasteiger partial charge on any atom is 0.281 e. The Balaban J connectivity index is 2.02. The van der Waals surface area contributed by atoms with Crippen molar-refractivity contribution in [1.82, 2.24) is 8.87 Å². The van der Waals surface area contributed by atoms with Gasteiger partial charge in [0.1, 0.15) is 0 Å². The Morgan fingerprint density at radius 1 is 1.17 bits per heavy atom. The number of aromatic nitrogens is 1. The van der Waals surface area contributed by atoms with E-state index in [1.807, 2.05) is 5.38 Å². The van der Waals surface area contributed by atoms with E-state index in [4.69, 9.17) is 0 Å². The van der Waals surface area contributed by atoms with E-state index < -0.39 is 15.9 Å². The average Bonchev–Trinajstić information content (AvgIpc) is 3.00. The molecular formula is C16H19N3O3S2. The molecule has 2 heterocycles. The van der Waals surface area contributed by atoms with Crippen molar-refractivity contribution in [1.29, 1.82) is 0 Å². The van der Waals surface area contributed by atoms with E-state index >= 15 is 0 Å². The minimum atomic E-state index is -3.68. The van der Waals surface area contributed by atoms with Crippen molar-refractivity contribution in [3.8, 4) is 0 Å². The summed E-state index contributed by atoms with van der Waals surface area (Å²) in [5.41, 5.74) is 0.122. The lowest BCUT2D eigenvalue weighted by atomic mass is 10.2.